The number of carbonyl (C=O) groups is 1. The quantitative estimate of drug-likeness (QED) is 0.546. The number of amides is 1. The fourth-order valence-electron chi connectivity index (χ4n) is 3.96. The van der Waals surface area contributed by atoms with Crippen molar-refractivity contribution in [1.29, 1.82) is 0 Å². The third-order valence-corrected chi connectivity index (χ3v) is 6.57. The first-order valence-corrected chi connectivity index (χ1v) is 11.4. The third kappa shape index (κ3) is 4.77. The zero-order valence-electron chi connectivity index (χ0n) is 17.1. The van der Waals surface area contributed by atoms with E-state index in [4.69, 9.17) is 0 Å². The lowest BCUT2D eigenvalue weighted by Crippen LogP contribution is -2.33. The molecule has 1 aliphatic rings. The summed E-state index contributed by atoms with van der Waals surface area (Å²) >= 11 is 1.58. The summed E-state index contributed by atoms with van der Waals surface area (Å²) in [6.45, 7) is 5.58. The molecule has 4 nitrogen and oxygen atoms in total. The summed E-state index contributed by atoms with van der Waals surface area (Å²) in [7, 11) is 0. The first kappa shape index (κ1) is 20.7. The van der Waals surface area contributed by atoms with Crippen molar-refractivity contribution >= 4 is 22.9 Å². The number of aromatic nitrogens is 1. The standard InChI is InChI=1S/C24H26FN3OS/c1-2-13-28-14-11-18(12-15-28)24-27-22(16-30-24)23(29)26-21-6-4-3-5-20(21)17-7-9-19(25)10-8-17/h3-10,16,18H,2,11-15H2,1H3,(H,26,29). The molecule has 0 radical (unpaired) electrons. The smallest absolute Gasteiger partial charge is 0.275 e. The molecule has 0 saturated carbocycles. The third-order valence-electron chi connectivity index (χ3n) is 5.56. The minimum atomic E-state index is -0.282. The number of para-hydroxylation sites is 1. The Morgan fingerprint density at radius 3 is 2.63 bits per heavy atom. The Labute approximate surface area is 180 Å². The highest BCUT2D eigenvalue weighted by Gasteiger charge is 2.23. The number of nitrogens with one attached hydrogen (secondary N) is 1. The van der Waals surface area contributed by atoms with Gasteiger partial charge in [-0.3, -0.25) is 4.79 Å². The highest BCUT2D eigenvalue weighted by atomic mass is 32.1. The maximum absolute atomic E-state index is 13.3. The van der Waals surface area contributed by atoms with Crippen molar-refractivity contribution in [3.8, 4) is 11.1 Å². The maximum atomic E-state index is 13.3. The van der Waals surface area contributed by atoms with Gasteiger partial charge in [-0.1, -0.05) is 37.3 Å². The van der Waals surface area contributed by atoms with Gasteiger partial charge in [0.2, 0.25) is 0 Å². The minimum Gasteiger partial charge on any atom is -0.320 e. The zero-order chi connectivity index (χ0) is 20.9. The van der Waals surface area contributed by atoms with Gasteiger partial charge in [0.15, 0.2) is 0 Å². The van der Waals surface area contributed by atoms with E-state index in [2.05, 4.69) is 22.1 Å². The molecule has 30 heavy (non-hydrogen) atoms. The van der Waals surface area contributed by atoms with E-state index < -0.39 is 0 Å². The molecular weight excluding hydrogens is 397 g/mol. The van der Waals surface area contributed by atoms with Crippen LogP contribution in [0.1, 0.15) is 47.6 Å². The van der Waals surface area contributed by atoms with Crippen LogP contribution in [0, 0.1) is 5.82 Å². The second-order valence-corrected chi connectivity index (χ2v) is 8.58. The fourth-order valence-corrected chi connectivity index (χ4v) is 4.93. The molecule has 0 atom stereocenters. The molecule has 3 aromatic rings. The summed E-state index contributed by atoms with van der Waals surface area (Å²) in [5.74, 6) is -0.0533. The van der Waals surface area contributed by atoms with Crippen molar-refractivity contribution in [2.24, 2.45) is 0 Å². The number of hydrogen-bond acceptors (Lipinski definition) is 4. The lowest BCUT2D eigenvalue weighted by atomic mass is 9.97. The molecule has 0 spiro atoms. The largest absolute Gasteiger partial charge is 0.320 e. The van der Waals surface area contributed by atoms with Gasteiger partial charge in [0.25, 0.3) is 5.91 Å². The van der Waals surface area contributed by atoms with Gasteiger partial charge in [0, 0.05) is 22.5 Å². The van der Waals surface area contributed by atoms with Crippen molar-refractivity contribution in [3.05, 3.63) is 70.4 Å². The van der Waals surface area contributed by atoms with Gasteiger partial charge >= 0.3 is 0 Å². The molecule has 1 fully saturated rings. The summed E-state index contributed by atoms with van der Waals surface area (Å²) in [6.07, 6.45) is 3.38. The normalized spacial score (nSPS) is 15.3. The number of rotatable bonds is 6. The molecule has 1 aliphatic heterocycles. The molecule has 1 N–H and O–H groups in total. The van der Waals surface area contributed by atoms with E-state index >= 15 is 0 Å². The van der Waals surface area contributed by atoms with Gasteiger partial charge in [0.05, 0.1) is 5.01 Å². The van der Waals surface area contributed by atoms with Crippen LogP contribution in [0.5, 0.6) is 0 Å². The fraction of sp³-hybridized carbons (Fsp3) is 0.333. The van der Waals surface area contributed by atoms with E-state index in [0.29, 0.717) is 17.3 Å². The molecule has 1 aromatic heterocycles. The van der Waals surface area contributed by atoms with Crippen molar-refractivity contribution in [1.82, 2.24) is 9.88 Å². The number of halogens is 1. The molecule has 0 bridgehead atoms. The first-order valence-electron chi connectivity index (χ1n) is 10.5. The van der Waals surface area contributed by atoms with Gasteiger partial charge < -0.3 is 10.2 Å². The van der Waals surface area contributed by atoms with Gasteiger partial charge in [-0.2, -0.15) is 0 Å². The summed E-state index contributed by atoms with van der Waals surface area (Å²) in [4.78, 5) is 20.0. The molecule has 0 unspecified atom stereocenters. The molecule has 0 aliphatic carbocycles. The van der Waals surface area contributed by atoms with E-state index in [1.165, 1.54) is 18.6 Å². The summed E-state index contributed by atoms with van der Waals surface area (Å²) in [5, 5.41) is 5.89. The Bertz CT molecular complexity index is 994. The number of piperidine rings is 1. The molecule has 1 amide bonds. The lowest BCUT2D eigenvalue weighted by Gasteiger charge is -2.30. The number of benzene rings is 2. The van der Waals surface area contributed by atoms with Crippen LogP contribution in [0.2, 0.25) is 0 Å². The number of anilines is 1. The Morgan fingerprint density at radius 1 is 1.17 bits per heavy atom. The number of hydrogen-bond donors (Lipinski definition) is 1. The van der Waals surface area contributed by atoms with Crippen LogP contribution >= 0.6 is 11.3 Å². The number of likely N-dealkylation sites (tertiary alicyclic amines) is 1. The Hall–Kier alpha value is -2.57. The van der Waals surface area contributed by atoms with Crippen LogP contribution in [0.15, 0.2) is 53.9 Å². The second kappa shape index (κ2) is 9.49. The average Bonchev–Trinajstić information content (AvgIpc) is 3.26. The highest BCUT2D eigenvalue weighted by molar-refractivity contribution is 7.10. The summed E-state index contributed by atoms with van der Waals surface area (Å²) < 4.78 is 13.3. The van der Waals surface area contributed by atoms with Crippen LogP contribution in [0.4, 0.5) is 10.1 Å². The highest BCUT2D eigenvalue weighted by Crippen LogP contribution is 2.31. The molecular formula is C24H26FN3OS. The molecule has 1 saturated heterocycles. The topological polar surface area (TPSA) is 45.2 Å². The number of thiazole rings is 1. The SMILES string of the molecule is CCCN1CCC(c2nc(C(=O)Nc3ccccc3-c3ccc(F)cc3)cs2)CC1. The van der Waals surface area contributed by atoms with Crippen LogP contribution in [0.25, 0.3) is 11.1 Å². The van der Waals surface area contributed by atoms with Crippen molar-refractivity contribution in [2.75, 3.05) is 25.0 Å². The van der Waals surface area contributed by atoms with Gasteiger partial charge in [-0.25, -0.2) is 9.37 Å². The predicted molar refractivity (Wildman–Crippen MR) is 121 cm³/mol. The second-order valence-electron chi connectivity index (χ2n) is 7.69. The van der Waals surface area contributed by atoms with Crippen LogP contribution in [0.3, 0.4) is 0 Å². The summed E-state index contributed by atoms with van der Waals surface area (Å²) in [6, 6.07) is 13.8. The molecule has 2 heterocycles. The van der Waals surface area contributed by atoms with E-state index in [1.807, 2.05) is 29.6 Å². The predicted octanol–water partition coefficient (Wildman–Crippen LogP) is 5.79. The van der Waals surface area contributed by atoms with Crippen LogP contribution in [-0.2, 0) is 0 Å². The molecule has 156 valence electrons. The average molecular weight is 424 g/mol. The first-order chi connectivity index (χ1) is 14.6. The maximum Gasteiger partial charge on any atom is 0.275 e. The van der Waals surface area contributed by atoms with E-state index in [9.17, 15) is 9.18 Å². The monoisotopic (exact) mass is 423 g/mol. The lowest BCUT2D eigenvalue weighted by molar-refractivity contribution is 0.102. The number of nitrogens with zero attached hydrogens (tertiary/aromatic N) is 2. The van der Waals surface area contributed by atoms with Crippen LogP contribution in [-0.4, -0.2) is 35.4 Å². The van der Waals surface area contributed by atoms with Gasteiger partial charge in [0.1, 0.15) is 11.5 Å². The van der Waals surface area contributed by atoms with E-state index in [0.717, 1.165) is 48.6 Å². The van der Waals surface area contributed by atoms with E-state index in [-0.39, 0.29) is 11.7 Å². The van der Waals surface area contributed by atoms with Crippen molar-refractivity contribution in [2.45, 2.75) is 32.1 Å². The van der Waals surface area contributed by atoms with Crippen LogP contribution < -0.4 is 5.32 Å². The molecule has 4 rings (SSSR count). The Kier molecular flexibility index (Phi) is 6.55. The van der Waals surface area contributed by atoms with Gasteiger partial charge in [-0.05, 0) is 62.7 Å². The molecule has 6 heteroatoms. The Morgan fingerprint density at radius 2 is 1.90 bits per heavy atom. The Balaban J connectivity index is 1.45. The zero-order valence-corrected chi connectivity index (χ0v) is 17.9. The van der Waals surface area contributed by atoms with Crippen molar-refractivity contribution in [3.63, 3.8) is 0 Å². The minimum absolute atomic E-state index is 0.213. The van der Waals surface area contributed by atoms with Gasteiger partial charge in [-0.15, -0.1) is 11.3 Å². The number of carbonyl (C=O) groups excluding carboxylic acids is 1. The van der Waals surface area contributed by atoms with Crippen molar-refractivity contribution < 1.29 is 9.18 Å². The van der Waals surface area contributed by atoms with E-state index in [1.54, 1.807) is 23.5 Å². The summed E-state index contributed by atoms with van der Waals surface area (Å²) in [5.41, 5.74) is 2.85. The molecule has 2 aromatic carbocycles.